The third kappa shape index (κ3) is 5.34. The first kappa shape index (κ1) is 19.0. The third-order valence-corrected chi connectivity index (χ3v) is 3.74. The van der Waals surface area contributed by atoms with Crippen molar-refractivity contribution in [2.75, 3.05) is 13.7 Å². The van der Waals surface area contributed by atoms with Crippen molar-refractivity contribution in [3.8, 4) is 5.75 Å². The standard InChI is InChI=1S/C19H21N3O4/c1-26-16-10-6-5-9-14(16)11-15(18(20)24)22-17(23)12-21-19(25)13-7-3-2-4-8-13/h2-10,15H,11-12H2,1H3,(H2,20,24)(H,21,25)(H,22,23)/t15-/m0/s1. The number of para-hydroxylation sites is 1. The summed E-state index contributed by atoms with van der Waals surface area (Å²) in [7, 11) is 1.52. The van der Waals surface area contributed by atoms with Crippen molar-refractivity contribution < 1.29 is 19.1 Å². The molecule has 1 atom stereocenters. The predicted octanol–water partition coefficient (Wildman–Crippen LogP) is 0.638. The highest BCUT2D eigenvalue weighted by Crippen LogP contribution is 2.18. The number of primary amides is 1. The number of rotatable bonds is 8. The highest BCUT2D eigenvalue weighted by molar-refractivity contribution is 5.97. The third-order valence-electron chi connectivity index (χ3n) is 3.74. The van der Waals surface area contributed by atoms with Crippen LogP contribution in [0.15, 0.2) is 54.6 Å². The summed E-state index contributed by atoms with van der Waals surface area (Å²) >= 11 is 0. The molecule has 0 aliphatic carbocycles. The molecule has 136 valence electrons. The fourth-order valence-electron chi connectivity index (χ4n) is 2.41. The van der Waals surface area contributed by atoms with Gasteiger partial charge in [0.2, 0.25) is 11.8 Å². The zero-order valence-corrected chi connectivity index (χ0v) is 14.4. The summed E-state index contributed by atoms with van der Waals surface area (Å²) in [5.41, 5.74) is 6.58. The van der Waals surface area contributed by atoms with Gasteiger partial charge in [-0.2, -0.15) is 0 Å². The minimum atomic E-state index is -0.910. The van der Waals surface area contributed by atoms with Crippen LogP contribution in [0.5, 0.6) is 5.75 Å². The lowest BCUT2D eigenvalue weighted by Gasteiger charge is -2.17. The van der Waals surface area contributed by atoms with Crippen molar-refractivity contribution in [3.63, 3.8) is 0 Å². The summed E-state index contributed by atoms with van der Waals surface area (Å²) in [6.07, 6.45) is 0.192. The van der Waals surface area contributed by atoms with Gasteiger partial charge in [-0.3, -0.25) is 14.4 Å². The van der Waals surface area contributed by atoms with Gasteiger partial charge in [0.1, 0.15) is 11.8 Å². The van der Waals surface area contributed by atoms with Crippen molar-refractivity contribution in [2.45, 2.75) is 12.5 Å². The van der Waals surface area contributed by atoms with Gasteiger partial charge in [-0.15, -0.1) is 0 Å². The van der Waals surface area contributed by atoms with E-state index in [2.05, 4.69) is 10.6 Å². The molecular weight excluding hydrogens is 334 g/mol. The lowest BCUT2D eigenvalue weighted by molar-refractivity contribution is -0.126. The molecule has 3 amide bonds. The number of carbonyl (C=O) groups excluding carboxylic acids is 3. The van der Waals surface area contributed by atoms with E-state index < -0.39 is 17.9 Å². The number of amides is 3. The van der Waals surface area contributed by atoms with Gasteiger partial charge < -0.3 is 21.1 Å². The number of methoxy groups -OCH3 is 1. The van der Waals surface area contributed by atoms with Gasteiger partial charge in [-0.1, -0.05) is 36.4 Å². The zero-order chi connectivity index (χ0) is 18.9. The Bertz CT molecular complexity index is 777. The SMILES string of the molecule is COc1ccccc1C[C@H](NC(=O)CNC(=O)c1ccccc1)C(N)=O. The van der Waals surface area contributed by atoms with Crippen LogP contribution in [0, 0.1) is 0 Å². The fraction of sp³-hybridized carbons (Fsp3) is 0.211. The molecule has 0 heterocycles. The minimum Gasteiger partial charge on any atom is -0.496 e. The number of benzene rings is 2. The van der Waals surface area contributed by atoms with E-state index in [1.807, 2.05) is 0 Å². The van der Waals surface area contributed by atoms with Gasteiger partial charge in [-0.05, 0) is 23.8 Å². The van der Waals surface area contributed by atoms with E-state index in [-0.39, 0.29) is 18.9 Å². The Morgan fingerprint density at radius 2 is 1.69 bits per heavy atom. The monoisotopic (exact) mass is 355 g/mol. The van der Waals surface area contributed by atoms with E-state index in [4.69, 9.17) is 10.5 Å². The largest absolute Gasteiger partial charge is 0.496 e. The number of hydrogen-bond acceptors (Lipinski definition) is 4. The summed E-state index contributed by atoms with van der Waals surface area (Å²) in [5.74, 6) is -0.946. The van der Waals surface area contributed by atoms with Crippen LogP contribution >= 0.6 is 0 Å². The normalized spacial score (nSPS) is 11.3. The second-order valence-corrected chi connectivity index (χ2v) is 5.59. The highest BCUT2D eigenvalue weighted by atomic mass is 16.5. The molecule has 2 aromatic rings. The molecule has 0 aliphatic rings. The van der Waals surface area contributed by atoms with Crippen molar-refractivity contribution in [1.82, 2.24) is 10.6 Å². The van der Waals surface area contributed by atoms with Crippen molar-refractivity contribution in [1.29, 1.82) is 0 Å². The molecule has 0 saturated heterocycles. The molecule has 2 rings (SSSR count). The summed E-state index contributed by atoms with van der Waals surface area (Å²) in [6, 6.07) is 14.8. The van der Waals surface area contributed by atoms with Crippen LogP contribution in [-0.2, 0) is 16.0 Å². The van der Waals surface area contributed by atoms with Crippen LogP contribution in [0.25, 0.3) is 0 Å². The number of carbonyl (C=O) groups is 3. The van der Waals surface area contributed by atoms with Crippen LogP contribution < -0.4 is 21.1 Å². The van der Waals surface area contributed by atoms with E-state index in [0.717, 1.165) is 5.56 Å². The predicted molar refractivity (Wildman–Crippen MR) is 96.6 cm³/mol. The van der Waals surface area contributed by atoms with Crippen molar-refractivity contribution >= 4 is 17.7 Å². The summed E-state index contributed by atoms with van der Waals surface area (Å²) < 4.78 is 5.24. The number of hydrogen-bond donors (Lipinski definition) is 3. The van der Waals surface area contributed by atoms with Gasteiger partial charge in [0, 0.05) is 12.0 Å². The maximum atomic E-state index is 12.1. The lowest BCUT2D eigenvalue weighted by Crippen LogP contribution is -2.49. The van der Waals surface area contributed by atoms with E-state index in [0.29, 0.717) is 11.3 Å². The van der Waals surface area contributed by atoms with E-state index >= 15 is 0 Å². The molecule has 0 aromatic heterocycles. The number of nitrogens with two attached hydrogens (primary N) is 1. The summed E-state index contributed by atoms with van der Waals surface area (Å²) in [4.78, 5) is 35.7. The van der Waals surface area contributed by atoms with Gasteiger partial charge in [0.15, 0.2) is 0 Å². The molecule has 4 N–H and O–H groups in total. The quantitative estimate of drug-likeness (QED) is 0.645. The molecular formula is C19H21N3O4. The Morgan fingerprint density at radius 3 is 2.35 bits per heavy atom. The van der Waals surface area contributed by atoms with Crippen molar-refractivity contribution in [3.05, 3.63) is 65.7 Å². The first-order chi connectivity index (χ1) is 12.5. The maximum Gasteiger partial charge on any atom is 0.251 e. The first-order valence-corrected chi connectivity index (χ1v) is 8.05. The minimum absolute atomic E-state index is 0.192. The van der Waals surface area contributed by atoms with Gasteiger partial charge >= 0.3 is 0 Å². The topological polar surface area (TPSA) is 111 Å². The van der Waals surface area contributed by atoms with Crippen LogP contribution in [0.1, 0.15) is 15.9 Å². The van der Waals surface area contributed by atoms with Gasteiger partial charge in [-0.25, -0.2) is 0 Å². The Morgan fingerprint density at radius 1 is 1.04 bits per heavy atom. The molecule has 7 nitrogen and oxygen atoms in total. The molecule has 0 saturated carbocycles. The molecule has 0 unspecified atom stereocenters. The molecule has 0 radical (unpaired) electrons. The van der Waals surface area contributed by atoms with Gasteiger partial charge in [0.05, 0.1) is 13.7 Å². The zero-order valence-electron chi connectivity index (χ0n) is 14.4. The van der Waals surface area contributed by atoms with Crippen LogP contribution in [0.4, 0.5) is 0 Å². The average molecular weight is 355 g/mol. The smallest absolute Gasteiger partial charge is 0.251 e. The van der Waals surface area contributed by atoms with E-state index in [1.54, 1.807) is 54.6 Å². The maximum absolute atomic E-state index is 12.1. The van der Waals surface area contributed by atoms with Crippen molar-refractivity contribution in [2.24, 2.45) is 5.73 Å². The summed E-state index contributed by atoms with van der Waals surface area (Å²) in [5, 5.41) is 5.04. The lowest BCUT2D eigenvalue weighted by atomic mass is 10.0. The second kappa shape index (κ2) is 9.22. The van der Waals surface area contributed by atoms with Crippen LogP contribution in [0.3, 0.4) is 0 Å². The van der Waals surface area contributed by atoms with Crippen LogP contribution in [-0.4, -0.2) is 37.4 Å². The Labute approximate surface area is 151 Å². The number of nitrogens with one attached hydrogen (secondary N) is 2. The highest BCUT2D eigenvalue weighted by Gasteiger charge is 2.20. The fourth-order valence-corrected chi connectivity index (χ4v) is 2.41. The second-order valence-electron chi connectivity index (χ2n) is 5.59. The first-order valence-electron chi connectivity index (χ1n) is 8.05. The Kier molecular flexibility index (Phi) is 6.73. The molecule has 0 aliphatic heterocycles. The molecule has 2 aromatic carbocycles. The molecule has 0 spiro atoms. The van der Waals surface area contributed by atoms with E-state index in [1.165, 1.54) is 7.11 Å². The number of ether oxygens (including phenoxy) is 1. The molecule has 26 heavy (non-hydrogen) atoms. The molecule has 0 fully saturated rings. The van der Waals surface area contributed by atoms with Crippen LogP contribution in [0.2, 0.25) is 0 Å². The average Bonchev–Trinajstić information content (AvgIpc) is 2.66. The Hall–Kier alpha value is -3.35. The van der Waals surface area contributed by atoms with Gasteiger partial charge in [0.25, 0.3) is 5.91 Å². The summed E-state index contributed by atoms with van der Waals surface area (Å²) in [6.45, 7) is -0.260. The molecule has 0 bridgehead atoms. The molecule has 7 heteroatoms. The Balaban J connectivity index is 1.93. The van der Waals surface area contributed by atoms with E-state index in [9.17, 15) is 14.4 Å².